The van der Waals surface area contributed by atoms with Gasteiger partial charge in [0.25, 0.3) is 0 Å². The lowest BCUT2D eigenvalue weighted by atomic mass is 10.0. The minimum atomic E-state index is -0.828. The molecule has 4 rings (SSSR count). The number of thiophene rings is 1. The van der Waals surface area contributed by atoms with Crippen LogP contribution < -0.4 is 9.64 Å². The van der Waals surface area contributed by atoms with Gasteiger partial charge in [-0.25, -0.2) is 4.79 Å². The van der Waals surface area contributed by atoms with Crippen LogP contribution in [0.25, 0.3) is 0 Å². The lowest BCUT2D eigenvalue weighted by Crippen LogP contribution is -2.40. The predicted molar refractivity (Wildman–Crippen MR) is 158 cm³/mol. The van der Waals surface area contributed by atoms with Crippen molar-refractivity contribution in [2.24, 2.45) is 0 Å². The Morgan fingerprint density at radius 3 is 2.46 bits per heavy atom. The fourth-order valence-corrected chi connectivity index (χ4v) is 5.80. The molecule has 1 aliphatic heterocycles. The second-order valence-corrected chi connectivity index (χ2v) is 11.3. The summed E-state index contributed by atoms with van der Waals surface area (Å²) in [5.41, 5.74) is 2.85. The topological polar surface area (TPSA) is 94.5 Å². The first kappa shape index (κ1) is 30.7. The number of esters is 1. The van der Waals surface area contributed by atoms with E-state index < -0.39 is 12.1 Å². The van der Waals surface area contributed by atoms with E-state index in [4.69, 9.17) is 18.9 Å². The number of aliphatic hydroxyl groups is 1. The van der Waals surface area contributed by atoms with Gasteiger partial charge in [0.05, 0.1) is 58.7 Å². The quantitative estimate of drug-likeness (QED) is 0.172. The van der Waals surface area contributed by atoms with Gasteiger partial charge in [-0.1, -0.05) is 50.5 Å². The summed E-state index contributed by atoms with van der Waals surface area (Å²) in [6, 6.07) is 18.8. The average molecular weight is 582 g/mol. The zero-order chi connectivity index (χ0) is 29.2. The Balaban J connectivity index is 1.40. The molecule has 0 saturated carbocycles. The van der Waals surface area contributed by atoms with Gasteiger partial charge in [-0.3, -0.25) is 4.79 Å². The molecule has 1 fully saturated rings. The number of unbranched alkanes of at least 4 members (excludes halogenated alkanes) is 2. The fourth-order valence-electron chi connectivity index (χ4n) is 4.93. The van der Waals surface area contributed by atoms with Crippen molar-refractivity contribution in [1.29, 1.82) is 0 Å². The van der Waals surface area contributed by atoms with E-state index in [1.165, 1.54) is 18.4 Å². The number of aliphatic hydroxyl groups excluding tert-OH is 1. The van der Waals surface area contributed by atoms with Crippen LogP contribution in [0.3, 0.4) is 0 Å². The van der Waals surface area contributed by atoms with E-state index in [2.05, 4.69) is 6.92 Å². The van der Waals surface area contributed by atoms with Crippen molar-refractivity contribution in [3.05, 3.63) is 81.5 Å². The minimum Gasteiger partial charge on any atom is -0.497 e. The van der Waals surface area contributed by atoms with Crippen LogP contribution >= 0.6 is 11.3 Å². The Hall–Kier alpha value is -3.24. The van der Waals surface area contributed by atoms with Gasteiger partial charge in [0.1, 0.15) is 10.6 Å². The third-order valence-electron chi connectivity index (χ3n) is 7.23. The van der Waals surface area contributed by atoms with Gasteiger partial charge in [0.2, 0.25) is 5.91 Å². The molecule has 0 bridgehead atoms. The van der Waals surface area contributed by atoms with E-state index in [1.54, 1.807) is 18.1 Å². The number of methoxy groups -OCH3 is 2. The highest BCUT2D eigenvalue weighted by Gasteiger charge is 2.39. The van der Waals surface area contributed by atoms with Crippen molar-refractivity contribution >= 4 is 28.9 Å². The van der Waals surface area contributed by atoms with Gasteiger partial charge in [0.15, 0.2) is 0 Å². The zero-order valence-corrected chi connectivity index (χ0v) is 24.7. The van der Waals surface area contributed by atoms with E-state index in [-0.39, 0.29) is 37.6 Å². The summed E-state index contributed by atoms with van der Waals surface area (Å²) in [5.74, 6) is 0.290. The number of carbonyl (C=O) groups excluding carboxylic acids is 2. The molecular weight excluding hydrogens is 542 g/mol. The molecule has 41 heavy (non-hydrogen) atoms. The molecule has 8 nitrogen and oxygen atoms in total. The summed E-state index contributed by atoms with van der Waals surface area (Å²) in [5, 5.41) is 10.6. The molecule has 1 saturated heterocycles. The second kappa shape index (κ2) is 15.1. The Morgan fingerprint density at radius 2 is 1.78 bits per heavy atom. The van der Waals surface area contributed by atoms with Crippen LogP contribution in [0.15, 0.2) is 60.7 Å². The molecule has 220 valence electrons. The molecule has 1 aliphatic rings. The molecule has 3 atom stereocenters. The van der Waals surface area contributed by atoms with E-state index in [0.717, 1.165) is 53.1 Å². The minimum absolute atomic E-state index is 0.0475. The van der Waals surface area contributed by atoms with Crippen LogP contribution in [0.2, 0.25) is 0 Å². The molecule has 0 radical (unpaired) electrons. The summed E-state index contributed by atoms with van der Waals surface area (Å²) in [6.07, 6.45) is 3.38. The Morgan fingerprint density at radius 1 is 1.02 bits per heavy atom. The van der Waals surface area contributed by atoms with E-state index in [0.29, 0.717) is 11.5 Å². The molecule has 1 N–H and O–H groups in total. The van der Waals surface area contributed by atoms with Gasteiger partial charge in [-0.2, -0.15) is 0 Å². The zero-order valence-electron chi connectivity index (χ0n) is 23.9. The smallest absolute Gasteiger partial charge is 0.348 e. The number of amides is 1. The average Bonchev–Trinajstić information content (AvgIpc) is 3.58. The maximum absolute atomic E-state index is 12.9. The van der Waals surface area contributed by atoms with Crippen LogP contribution in [-0.4, -0.2) is 50.0 Å². The van der Waals surface area contributed by atoms with Crippen molar-refractivity contribution in [3.8, 4) is 5.75 Å². The lowest BCUT2D eigenvalue weighted by molar-refractivity contribution is -0.117. The molecule has 1 unspecified atom stereocenters. The maximum atomic E-state index is 12.9. The maximum Gasteiger partial charge on any atom is 0.348 e. The van der Waals surface area contributed by atoms with Crippen LogP contribution in [0, 0.1) is 0 Å². The first-order valence-electron chi connectivity index (χ1n) is 14.0. The van der Waals surface area contributed by atoms with Gasteiger partial charge in [-0.05, 0) is 53.9 Å². The SMILES string of the molecule is CCCCCC(OCc1ccc(OC)cc1)c1ccc(N2C(=O)C[C@H](O)[C@@H]2COCc2ccc(C(=O)OC)s2)cc1. The number of carbonyl (C=O) groups is 2. The summed E-state index contributed by atoms with van der Waals surface area (Å²) >= 11 is 1.30. The normalized spacial score (nSPS) is 17.6. The number of hydrogen-bond donors (Lipinski definition) is 1. The lowest BCUT2D eigenvalue weighted by Gasteiger charge is -2.27. The number of rotatable bonds is 15. The Kier molecular flexibility index (Phi) is 11.3. The fraction of sp³-hybridized carbons (Fsp3) is 0.438. The van der Waals surface area contributed by atoms with Crippen molar-refractivity contribution in [2.45, 2.75) is 70.5 Å². The molecule has 1 aromatic heterocycles. The number of hydrogen-bond acceptors (Lipinski definition) is 8. The highest BCUT2D eigenvalue weighted by Crippen LogP contribution is 2.32. The van der Waals surface area contributed by atoms with Gasteiger partial charge < -0.3 is 29.0 Å². The van der Waals surface area contributed by atoms with Gasteiger partial charge in [-0.15, -0.1) is 11.3 Å². The van der Waals surface area contributed by atoms with Crippen LogP contribution in [0.5, 0.6) is 5.75 Å². The summed E-state index contributed by atoms with van der Waals surface area (Å²) in [6.45, 7) is 3.12. The van der Waals surface area contributed by atoms with Gasteiger partial charge in [0, 0.05) is 10.6 Å². The molecular formula is C32H39NO7S. The molecule has 1 amide bonds. The largest absolute Gasteiger partial charge is 0.497 e. The monoisotopic (exact) mass is 581 g/mol. The molecule has 0 spiro atoms. The van der Waals surface area contributed by atoms with Gasteiger partial charge >= 0.3 is 5.97 Å². The summed E-state index contributed by atoms with van der Waals surface area (Å²) < 4.78 is 22.3. The third kappa shape index (κ3) is 8.16. The first-order chi connectivity index (χ1) is 19.9. The highest BCUT2D eigenvalue weighted by atomic mass is 32.1. The second-order valence-electron chi connectivity index (χ2n) is 10.1. The van der Waals surface area contributed by atoms with E-state index in [9.17, 15) is 14.7 Å². The van der Waals surface area contributed by atoms with Crippen molar-refractivity contribution in [2.75, 3.05) is 25.7 Å². The van der Waals surface area contributed by atoms with E-state index >= 15 is 0 Å². The van der Waals surface area contributed by atoms with Crippen LogP contribution in [0.4, 0.5) is 5.69 Å². The third-order valence-corrected chi connectivity index (χ3v) is 8.27. The Labute approximate surface area is 245 Å². The van der Waals surface area contributed by atoms with E-state index in [1.807, 2.05) is 54.6 Å². The van der Waals surface area contributed by atoms with Crippen molar-refractivity contribution in [3.63, 3.8) is 0 Å². The van der Waals surface area contributed by atoms with Crippen molar-refractivity contribution < 1.29 is 33.6 Å². The molecule has 9 heteroatoms. The highest BCUT2D eigenvalue weighted by molar-refractivity contribution is 7.13. The number of anilines is 1. The molecule has 2 heterocycles. The number of nitrogens with zero attached hydrogens (tertiary/aromatic N) is 1. The molecule has 0 aliphatic carbocycles. The van der Waals surface area contributed by atoms with Crippen LogP contribution in [0.1, 0.15) is 70.8 Å². The molecule has 2 aromatic carbocycles. The Bertz CT molecular complexity index is 1260. The van der Waals surface area contributed by atoms with Crippen molar-refractivity contribution in [1.82, 2.24) is 0 Å². The number of benzene rings is 2. The molecule has 3 aromatic rings. The summed E-state index contributed by atoms with van der Waals surface area (Å²) in [4.78, 5) is 27.6. The summed E-state index contributed by atoms with van der Waals surface area (Å²) in [7, 11) is 3.00. The first-order valence-corrected chi connectivity index (χ1v) is 14.8. The standard InChI is InChI=1S/C32H39NO7S/c1-4-5-6-7-29(40-19-22-8-14-25(37-2)15-9-22)23-10-12-24(13-11-23)33-27(28(34)18-31(33)35)21-39-20-26-16-17-30(41-26)32(36)38-3/h8-17,27-29,34H,4-7,18-21H2,1-3H3/t27-,28-,29?/m0/s1. The van der Waals surface area contributed by atoms with Crippen LogP contribution in [-0.2, 0) is 32.2 Å². The number of ether oxygens (including phenoxy) is 4. The predicted octanol–water partition coefficient (Wildman–Crippen LogP) is 6.06.